The van der Waals surface area contributed by atoms with Crippen LogP contribution in [0.15, 0.2) is 48.5 Å². The molecule has 0 bridgehead atoms. The fraction of sp³-hybridized carbons (Fsp3) is 0.364. The molecule has 0 spiro atoms. The lowest BCUT2D eigenvalue weighted by atomic mass is 10.0. The van der Waals surface area contributed by atoms with Crippen molar-refractivity contribution in [3.05, 3.63) is 59.1 Å². The summed E-state index contributed by atoms with van der Waals surface area (Å²) in [6, 6.07) is 14.2. The monoisotopic (exact) mass is 416 g/mol. The average molecular weight is 417 g/mol. The number of nitrogens with one attached hydrogen (secondary N) is 1. The molecule has 154 valence electrons. The Morgan fingerprint density at radius 1 is 1.03 bits per heavy atom. The topological polar surface area (TPSA) is 67.9 Å². The summed E-state index contributed by atoms with van der Waals surface area (Å²) >= 11 is 5.86. The zero-order chi connectivity index (χ0) is 20.6. The van der Waals surface area contributed by atoms with Crippen molar-refractivity contribution in [3.8, 4) is 11.5 Å². The molecule has 0 unspecified atom stereocenters. The first-order chi connectivity index (χ1) is 14.1. The Morgan fingerprint density at radius 3 is 2.28 bits per heavy atom. The number of carbonyl (C=O) groups excluding carboxylic acids is 2. The number of amides is 2. The van der Waals surface area contributed by atoms with Crippen LogP contribution in [0.3, 0.4) is 0 Å². The number of nitrogens with zero attached hydrogens (tertiary/aromatic N) is 1. The molecule has 2 amide bonds. The predicted molar refractivity (Wildman–Crippen MR) is 112 cm³/mol. The second-order valence-corrected chi connectivity index (χ2v) is 7.24. The van der Waals surface area contributed by atoms with Gasteiger partial charge in [0, 0.05) is 29.7 Å². The van der Waals surface area contributed by atoms with Gasteiger partial charge < -0.3 is 19.7 Å². The molecule has 1 saturated heterocycles. The Bertz CT molecular complexity index is 833. The van der Waals surface area contributed by atoms with Gasteiger partial charge >= 0.3 is 0 Å². The highest BCUT2D eigenvalue weighted by Gasteiger charge is 2.24. The van der Waals surface area contributed by atoms with Gasteiger partial charge in [-0.05, 0) is 56.2 Å². The van der Waals surface area contributed by atoms with E-state index >= 15 is 0 Å². The van der Waals surface area contributed by atoms with Crippen molar-refractivity contribution in [3.63, 3.8) is 0 Å². The number of ether oxygens (including phenoxy) is 2. The molecule has 3 rings (SSSR count). The van der Waals surface area contributed by atoms with Crippen molar-refractivity contribution in [2.75, 3.05) is 26.3 Å². The van der Waals surface area contributed by atoms with Crippen LogP contribution in [0, 0.1) is 0 Å². The summed E-state index contributed by atoms with van der Waals surface area (Å²) < 4.78 is 11.2. The van der Waals surface area contributed by atoms with Gasteiger partial charge in [-0.15, -0.1) is 0 Å². The van der Waals surface area contributed by atoms with Crippen LogP contribution < -0.4 is 14.8 Å². The fourth-order valence-electron chi connectivity index (χ4n) is 3.22. The average Bonchev–Trinajstić information content (AvgIpc) is 2.74. The Labute approximate surface area is 175 Å². The van der Waals surface area contributed by atoms with Gasteiger partial charge in [-0.2, -0.15) is 0 Å². The van der Waals surface area contributed by atoms with Crippen LogP contribution in [-0.2, 0) is 4.79 Å². The second-order valence-electron chi connectivity index (χ2n) is 6.80. The van der Waals surface area contributed by atoms with E-state index in [9.17, 15) is 9.59 Å². The molecule has 1 aliphatic heterocycles. The van der Waals surface area contributed by atoms with E-state index in [1.54, 1.807) is 35.2 Å². The van der Waals surface area contributed by atoms with Gasteiger partial charge in [-0.1, -0.05) is 23.7 Å². The maximum absolute atomic E-state index is 12.5. The van der Waals surface area contributed by atoms with Crippen molar-refractivity contribution in [2.24, 2.45) is 0 Å². The first-order valence-electron chi connectivity index (χ1n) is 9.75. The normalized spacial score (nSPS) is 14.3. The Hall–Kier alpha value is -2.73. The van der Waals surface area contributed by atoms with E-state index in [0.717, 1.165) is 0 Å². The largest absolute Gasteiger partial charge is 0.490 e. The zero-order valence-electron chi connectivity index (χ0n) is 16.4. The standard InChI is InChI=1S/C22H25ClN2O4/c1-2-28-19-5-3-4-6-20(19)29-15-21(26)25-13-11-18(12-14-25)24-22(27)16-7-9-17(23)10-8-16/h3-10,18H,2,11-15H2,1H3,(H,24,27). The highest BCUT2D eigenvalue weighted by Crippen LogP contribution is 2.26. The lowest BCUT2D eigenvalue weighted by molar-refractivity contribution is -0.134. The summed E-state index contributed by atoms with van der Waals surface area (Å²) in [7, 11) is 0. The van der Waals surface area contributed by atoms with E-state index in [1.807, 2.05) is 25.1 Å². The summed E-state index contributed by atoms with van der Waals surface area (Å²) in [5, 5.41) is 3.62. The Morgan fingerprint density at radius 2 is 1.66 bits per heavy atom. The van der Waals surface area contributed by atoms with Crippen molar-refractivity contribution >= 4 is 23.4 Å². The van der Waals surface area contributed by atoms with E-state index < -0.39 is 0 Å². The van der Waals surface area contributed by atoms with Crippen LogP contribution in [0.1, 0.15) is 30.1 Å². The third-order valence-corrected chi connectivity index (χ3v) is 5.04. The van der Waals surface area contributed by atoms with Crippen LogP contribution in [-0.4, -0.2) is 49.1 Å². The summed E-state index contributed by atoms with van der Waals surface area (Å²) in [5.41, 5.74) is 0.578. The summed E-state index contributed by atoms with van der Waals surface area (Å²) in [6.07, 6.45) is 1.42. The molecule has 29 heavy (non-hydrogen) atoms. The third kappa shape index (κ3) is 5.87. The van der Waals surface area contributed by atoms with Crippen molar-refractivity contribution in [1.29, 1.82) is 0 Å². The van der Waals surface area contributed by atoms with Crippen LogP contribution in [0.2, 0.25) is 5.02 Å². The number of halogens is 1. The van der Waals surface area contributed by atoms with Gasteiger partial charge in [-0.25, -0.2) is 0 Å². The quantitative estimate of drug-likeness (QED) is 0.749. The number of para-hydroxylation sites is 2. The maximum atomic E-state index is 12.5. The molecule has 0 saturated carbocycles. The van der Waals surface area contributed by atoms with Crippen LogP contribution in [0.4, 0.5) is 0 Å². The lowest BCUT2D eigenvalue weighted by Crippen LogP contribution is -2.47. The van der Waals surface area contributed by atoms with E-state index in [2.05, 4.69) is 5.32 Å². The minimum Gasteiger partial charge on any atom is -0.490 e. The smallest absolute Gasteiger partial charge is 0.260 e. The minimum atomic E-state index is -0.123. The molecular weight excluding hydrogens is 392 g/mol. The van der Waals surface area contributed by atoms with E-state index in [4.69, 9.17) is 21.1 Å². The van der Waals surface area contributed by atoms with Crippen LogP contribution >= 0.6 is 11.6 Å². The molecule has 2 aromatic carbocycles. The molecule has 0 radical (unpaired) electrons. The molecular formula is C22H25ClN2O4. The summed E-state index contributed by atoms with van der Waals surface area (Å²) in [5.74, 6) is 1.00. The molecule has 6 nitrogen and oxygen atoms in total. The van der Waals surface area contributed by atoms with Crippen LogP contribution in [0.5, 0.6) is 11.5 Å². The van der Waals surface area contributed by atoms with Gasteiger partial charge in [-0.3, -0.25) is 9.59 Å². The van der Waals surface area contributed by atoms with Gasteiger partial charge in [0.05, 0.1) is 6.61 Å². The number of benzene rings is 2. The highest BCUT2D eigenvalue weighted by atomic mass is 35.5. The molecule has 1 heterocycles. The number of hydrogen-bond donors (Lipinski definition) is 1. The van der Waals surface area contributed by atoms with Gasteiger partial charge in [0.1, 0.15) is 0 Å². The van der Waals surface area contributed by atoms with E-state index in [0.29, 0.717) is 54.6 Å². The second kappa shape index (κ2) is 10.2. The number of piperidine rings is 1. The highest BCUT2D eigenvalue weighted by molar-refractivity contribution is 6.30. The van der Waals surface area contributed by atoms with Crippen molar-refractivity contribution < 1.29 is 19.1 Å². The zero-order valence-corrected chi connectivity index (χ0v) is 17.2. The van der Waals surface area contributed by atoms with Gasteiger partial charge in [0.25, 0.3) is 11.8 Å². The maximum Gasteiger partial charge on any atom is 0.260 e. The molecule has 1 fully saturated rings. The number of carbonyl (C=O) groups is 2. The Balaban J connectivity index is 1.45. The van der Waals surface area contributed by atoms with E-state index in [1.165, 1.54) is 0 Å². The van der Waals surface area contributed by atoms with Crippen LogP contribution in [0.25, 0.3) is 0 Å². The van der Waals surface area contributed by atoms with Crippen molar-refractivity contribution in [2.45, 2.75) is 25.8 Å². The summed E-state index contributed by atoms with van der Waals surface area (Å²) in [4.78, 5) is 26.6. The predicted octanol–water partition coefficient (Wildman–Crippen LogP) is 3.54. The van der Waals surface area contributed by atoms with Gasteiger partial charge in [0.2, 0.25) is 0 Å². The van der Waals surface area contributed by atoms with Crippen molar-refractivity contribution in [1.82, 2.24) is 10.2 Å². The summed E-state index contributed by atoms with van der Waals surface area (Å²) in [6.45, 7) is 3.56. The number of rotatable bonds is 7. The lowest BCUT2D eigenvalue weighted by Gasteiger charge is -2.32. The van der Waals surface area contributed by atoms with Gasteiger partial charge in [0.15, 0.2) is 18.1 Å². The first kappa shape index (κ1) is 21.0. The molecule has 1 aliphatic rings. The third-order valence-electron chi connectivity index (χ3n) is 4.79. The SMILES string of the molecule is CCOc1ccccc1OCC(=O)N1CCC(NC(=O)c2ccc(Cl)cc2)CC1. The molecule has 1 N–H and O–H groups in total. The molecule has 2 aromatic rings. The fourth-order valence-corrected chi connectivity index (χ4v) is 3.34. The Kier molecular flexibility index (Phi) is 7.36. The first-order valence-corrected chi connectivity index (χ1v) is 10.1. The molecule has 0 atom stereocenters. The number of likely N-dealkylation sites (tertiary alicyclic amines) is 1. The molecule has 0 aromatic heterocycles. The van der Waals surface area contributed by atoms with E-state index in [-0.39, 0.29) is 24.5 Å². The molecule has 0 aliphatic carbocycles. The molecule has 7 heteroatoms. The minimum absolute atomic E-state index is 0.0358. The number of hydrogen-bond acceptors (Lipinski definition) is 4.